The van der Waals surface area contributed by atoms with Crippen LogP contribution in [0.15, 0.2) is 15.8 Å². The highest BCUT2D eigenvalue weighted by molar-refractivity contribution is 4.85. The molecule has 1 rings (SSSR count). The molecular formula is C7H11FN2O2. The zero-order valence-electron chi connectivity index (χ0n) is 7.22. The second-order valence-corrected chi connectivity index (χ2v) is 1.85. The first-order valence-corrected chi connectivity index (χ1v) is 3.56. The summed E-state index contributed by atoms with van der Waals surface area (Å²) >= 11 is 0. The summed E-state index contributed by atoms with van der Waals surface area (Å²) in [6.07, 6.45) is 0.834. The number of aryl methyl sites for hydroxylation is 1. The third kappa shape index (κ3) is 2.34. The van der Waals surface area contributed by atoms with Crippen molar-refractivity contribution in [1.82, 2.24) is 9.55 Å². The van der Waals surface area contributed by atoms with Crippen molar-refractivity contribution in [2.24, 2.45) is 7.05 Å². The highest BCUT2D eigenvalue weighted by Crippen LogP contribution is 1.78. The fraction of sp³-hybridized carbons (Fsp3) is 0.429. The fourth-order valence-electron chi connectivity index (χ4n) is 0.532. The van der Waals surface area contributed by atoms with E-state index in [2.05, 4.69) is 0 Å². The number of nitrogens with one attached hydrogen (secondary N) is 1. The molecule has 12 heavy (non-hydrogen) atoms. The molecule has 0 fully saturated rings. The minimum atomic E-state index is -0.983. The van der Waals surface area contributed by atoms with Gasteiger partial charge in [0.05, 0.1) is 0 Å². The van der Waals surface area contributed by atoms with Crippen LogP contribution in [0.4, 0.5) is 4.39 Å². The van der Waals surface area contributed by atoms with Crippen LogP contribution in [0.25, 0.3) is 0 Å². The Balaban J connectivity index is 0.000000561. The van der Waals surface area contributed by atoms with E-state index in [-0.39, 0.29) is 0 Å². The molecular weight excluding hydrogens is 163 g/mol. The Morgan fingerprint density at radius 1 is 1.42 bits per heavy atom. The van der Waals surface area contributed by atoms with E-state index in [1.165, 1.54) is 7.05 Å². The van der Waals surface area contributed by atoms with Crippen molar-refractivity contribution in [3.63, 3.8) is 0 Å². The first-order chi connectivity index (χ1) is 5.61. The molecule has 0 aromatic carbocycles. The molecule has 0 unspecified atom stereocenters. The topological polar surface area (TPSA) is 54.9 Å². The lowest BCUT2D eigenvalue weighted by molar-refractivity contribution is 0.576. The van der Waals surface area contributed by atoms with Gasteiger partial charge >= 0.3 is 5.69 Å². The average Bonchev–Trinajstić information content (AvgIpc) is 2.05. The first-order valence-electron chi connectivity index (χ1n) is 3.56. The molecule has 0 spiro atoms. The van der Waals surface area contributed by atoms with Gasteiger partial charge in [-0.25, -0.2) is 4.79 Å². The quantitative estimate of drug-likeness (QED) is 0.612. The first kappa shape index (κ1) is 10.6. The molecule has 0 radical (unpaired) electrons. The number of hydrogen-bond donors (Lipinski definition) is 1. The number of H-pyrrole nitrogens is 1. The van der Waals surface area contributed by atoms with E-state index in [0.29, 0.717) is 0 Å². The molecule has 1 N–H and O–H groups in total. The summed E-state index contributed by atoms with van der Waals surface area (Å²) in [6, 6.07) is 0. The van der Waals surface area contributed by atoms with E-state index in [0.717, 1.165) is 10.8 Å². The number of rotatable bonds is 0. The molecule has 1 heterocycles. The van der Waals surface area contributed by atoms with Gasteiger partial charge in [0.1, 0.15) is 0 Å². The normalized spacial score (nSPS) is 8.67. The van der Waals surface area contributed by atoms with Crippen LogP contribution in [0, 0.1) is 5.82 Å². The van der Waals surface area contributed by atoms with E-state index in [4.69, 9.17) is 0 Å². The Hall–Kier alpha value is -1.39. The second kappa shape index (κ2) is 4.48. The van der Waals surface area contributed by atoms with E-state index in [9.17, 15) is 14.0 Å². The lowest BCUT2D eigenvalue weighted by atomic mass is 10.6. The Bertz CT molecular complexity index is 322. The summed E-state index contributed by atoms with van der Waals surface area (Å²) in [4.78, 5) is 22.7. The van der Waals surface area contributed by atoms with Gasteiger partial charge in [-0.3, -0.25) is 9.78 Å². The molecule has 0 amide bonds. The Morgan fingerprint density at radius 2 is 1.92 bits per heavy atom. The summed E-state index contributed by atoms with van der Waals surface area (Å²) in [7, 11) is 1.35. The highest BCUT2D eigenvalue weighted by Gasteiger charge is 1.97. The predicted octanol–water partition coefficient (Wildman–Crippen LogP) is 0.239. The molecule has 4 nitrogen and oxygen atoms in total. The van der Waals surface area contributed by atoms with E-state index in [1.807, 2.05) is 13.8 Å². The smallest absolute Gasteiger partial charge is 0.301 e. The van der Waals surface area contributed by atoms with Gasteiger partial charge in [0, 0.05) is 13.2 Å². The monoisotopic (exact) mass is 174 g/mol. The van der Waals surface area contributed by atoms with Crippen molar-refractivity contribution < 1.29 is 4.39 Å². The van der Waals surface area contributed by atoms with Crippen LogP contribution in [0.3, 0.4) is 0 Å². The molecule has 1 aromatic heterocycles. The minimum Gasteiger partial charge on any atom is -0.301 e. The molecule has 1 aromatic rings. The van der Waals surface area contributed by atoms with Crippen LogP contribution in [-0.4, -0.2) is 9.55 Å². The van der Waals surface area contributed by atoms with Crippen molar-refractivity contribution in [3.8, 4) is 0 Å². The Kier molecular flexibility index (Phi) is 3.96. The number of aromatic nitrogens is 2. The van der Waals surface area contributed by atoms with Gasteiger partial charge in [-0.05, 0) is 0 Å². The zero-order valence-corrected chi connectivity index (χ0v) is 7.22. The van der Waals surface area contributed by atoms with Crippen molar-refractivity contribution in [2.75, 3.05) is 0 Å². The van der Waals surface area contributed by atoms with Crippen molar-refractivity contribution in [3.05, 3.63) is 32.9 Å². The van der Waals surface area contributed by atoms with Crippen LogP contribution in [0.5, 0.6) is 0 Å². The van der Waals surface area contributed by atoms with Gasteiger partial charge in [-0.2, -0.15) is 4.39 Å². The van der Waals surface area contributed by atoms with Crippen LogP contribution >= 0.6 is 0 Å². The largest absolute Gasteiger partial charge is 0.328 e. The molecule has 0 aliphatic rings. The standard InChI is InChI=1S/C5H5FN2O2.C2H6/c1-8-2-3(6)4(9)7-5(8)10;1-2/h2H,1H3,(H,7,9,10);1-2H3. The van der Waals surface area contributed by atoms with Crippen molar-refractivity contribution >= 4 is 0 Å². The Labute approximate surface area is 68.7 Å². The molecule has 0 atom stereocenters. The molecule has 0 aliphatic carbocycles. The van der Waals surface area contributed by atoms with E-state index < -0.39 is 17.1 Å². The van der Waals surface area contributed by atoms with Crippen LogP contribution in [-0.2, 0) is 7.05 Å². The SMILES string of the molecule is CC.Cn1cc(F)c(=O)[nH]c1=O. The van der Waals surface area contributed by atoms with Gasteiger partial charge in [0.25, 0.3) is 5.56 Å². The molecule has 0 bridgehead atoms. The van der Waals surface area contributed by atoms with Gasteiger partial charge < -0.3 is 4.57 Å². The van der Waals surface area contributed by atoms with Crippen LogP contribution in [0.1, 0.15) is 13.8 Å². The predicted molar refractivity (Wildman–Crippen MR) is 43.6 cm³/mol. The maximum absolute atomic E-state index is 12.3. The van der Waals surface area contributed by atoms with Crippen LogP contribution in [0.2, 0.25) is 0 Å². The number of halogens is 1. The lowest BCUT2D eigenvalue weighted by Crippen LogP contribution is -2.29. The van der Waals surface area contributed by atoms with Gasteiger partial charge in [0.2, 0.25) is 5.82 Å². The fourth-order valence-corrected chi connectivity index (χ4v) is 0.532. The summed E-state index contributed by atoms with van der Waals surface area (Å²) < 4.78 is 13.2. The Morgan fingerprint density at radius 3 is 2.33 bits per heavy atom. The van der Waals surface area contributed by atoms with Gasteiger partial charge in [-0.1, -0.05) is 13.8 Å². The van der Waals surface area contributed by atoms with Crippen LogP contribution < -0.4 is 11.2 Å². The van der Waals surface area contributed by atoms with E-state index >= 15 is 0 Å². The molecule has 68 valence electrons. The summed E-state index contributed by atoms with van der Waals surface area (Å²) in [5, 5.41) is 0. The molecule has 0 saturated carbocycles. The minimum absolute atomic E-state index is 0.619. The summed E-state index contributed by atoms with van der Waals surface area (Å²) in [5.41, 5.74) is -1.60. The average molecular weight is 174 g/mol. The summed E-state index contributed by atoms with van der Waals surface area (Å²) in [6.45, 7) is 4.00. The highest BCUT2D eigenvalue weighted by atomic mass is 19.1. The maximum atomic E-state index is 12.3. The van der Waals surface area contributed by atoms with Gasteiger partial charge in [-0.15, -0.1) is 0 Å². The van der Waals surface area contributed by atoms with Crippen molar-refractivity contribution in [2.45, 2.75) is 13.8 Å². The van der Waals surface area contributed by atoms with E-state index in [1.54, 1.807) is 4.98 Å². The molecule has 0 aliphatic heterocycles. The zero-order chi connectivity index (χ0) is 9.72. The van der Waals surface area contributed by atoms with Crippen molar-refractivity contribution in [1.29, 1.82) is 0 Å². The number of hydrogen-bond acceptors (Lipinski definition) is 2. The third-order valence-electron chi connectivity index (χ3n) is 1.06. The molecule has 5 heteroatoms. The summed E-state index contributed by atoms with van der Waals surface area (Å²) in [5.74, 6) is -0.956. The maximum Gasteiger partial charge on any atom is 0.328 e. The number of nitrogens with zero attached hydrogens (tertiary/aromatic N) is 1. The second-order valence-electron chi connectivity index (χ2n) is 1.85. The number of aromatic amines is 1. The third-order valence-corrected chi connectivity index (χ3v) is 1.06. The van der Waals surface area contributed by atoms with Gasteiger partial charge in [0.15, 0.2) is 0 Å². The molecule has 0 saturated heterocycles. The lowest BCUT2D eigenvalue weighted by Gasteiger charge is -1.92.